The number of nitrogens with zero attached hydrogens (tertiary/aromatic N) is 2. The first kappa shape index (κ1) is 29.9. The van der Waals surface area contributed by atoms with Crippen LogP contribution in [-0.4, -0.2) is 45.7 Å². The molecular weight excluding hydrogens is 508 g/mol. The average Bonchev–Trinajstić information content (AvgIpc) is 2.93. The van der Waals surface area contributed by atoms with E-state index in [2.05, 4.69) is 31.2 Å². The van der Waals surface area contributed by atoms with Crippen molar-refractivity contribution in [2.24, 2.45) is 11.8 Å². The number of anilines is 2. The first-order valence-corrected chi connectivity index (χ1v) is 13.3. The number of carbonyl (C=O) groups excluding carboxylic acids is 4. The van der Waals surface area contributed by atoms with E-state index in [0.29, 0.717) is 24.5 Å². The number of carbonyl (C=O) groups is 4. The van der Waals surface area contributed by atoms with Crippen molar-refractivity contribution >= 4 is 35.3 Å². The lowest BCUT2D eigenvalue weighted by Gasteiger charge is -2.21. The van der Waals surface area contributed by atoms with Crippen molar-refractivity contribution in [1.29, 1.82) is 0 Å². The molecule has 3 aromatic rings. The summed E-state index contributed by atoms with van der Waals surface area (Å²) >= 11 is 0. The van der Waals surface area contributed by atoms with Crippen LogP contribution in [0.15, 0.2) is 73.1 Å². The molecule has 0 bridgehead atoms. The Morgan fingerprint density at radius 1 is 0.625 bits per heavy atom. The maximum absolute atomic E-state index is 13.1. The summed E-state index contributed by atoms with van der Waals surface area (Å²) in [5, 5.41) is 11.0. The fourth-order valence-corrected chi connectivity index (χ4v) is 3.99. The monoisotopic (exact) mass is 544 g/mol. The summed E-state index contributed by atoms with van der Waals surface area (Å²) in [4.78, 5) is 60.3. The van der Waals surface area contributed by atoms with Gasteiger partial charge in [0.2, 0.25) is 11.8 Å². The van der Waals surface area contributed by atoms with E-state index in [0.717, 1.165) is 0 Å². The minimum absolute atomic E-state index is 0.131. The minimum Gasteiger partial charge on any atom is -0.340 e. The zero-order valence-corrected chi connectivity index (χ0v) is 23.2. The van der Waals surface area contributed by atoms with Gasteiger partial charge in [0.15, 0.2) is 0 Å². The molecule has 2 aromatic heterocycles. The van der Waals surface area contributed by atoms with Gasteiger partial charge < -0.3 is 21.3 Å². The largest absolute Gasteiger partial charge is 0.340 e. The molecule has 40 heavy (non-hydrogen) atoms. The number of pyridine rings is 2. The van der Waals surface area contributed by atoms with Gasteiger partial charge in [-0.15, -0.1) is 0 Å². The summed E-state index contributed by atoms with van der Waals surface area (Å²) in [6.45, 7) is 7.82. The van der Waals surface area contributed by atoms with Crippen LogP contribution in [-0.2, 0) is 9.59 Å². The average molecular weight is 545 g/mol. The summed E-state index contributed by atoms with van der Waals surface area (Å²) in [5.74, 6) is -0.727. The van der Waals surface area contributed by atoms with Crippen LogP contribution in [0.4, 0.5) is 11.6 Å². The molecule has 1 aromatic carbocycles. The topological polar surface area (TPSA) is 142 Å². The maximum atomic E-state index is 13.1. The van der Waals surface area contributed by atoms with Crippen LogP contribution < -0.4 is 21.3 Å². The van der Waals surface area contributed by atoms with Crippen molar-refractivity contribution in [1.82, 2.24) is 20.6 Å². The predicted molar refractivity (Wildman–Crippen MR) is 154 cm³/mol. The van der Waals surface area contributed by atoms with Crippen molar-refractivity contribution in [3.63, 3.8) is 0 Å². The van der Waals surface area contributed by atoms with Crippen molar-refractivity contribution in [3.8, 4) is 0 Å². The standard InChI is InChI=1S/C30H36N6O4/c1-19(2)16-23(29(39)35-25-12-5-7-14-31-25)33-27(37)21-10-9-11-22(18-21)28(38)34-24(17-20(3)4)30(40)36-26-13-6-8-15-32-26/h5-15,18-20,23-24H,16-17H2,1-4H3,(H,33,37)(H,34,38)(H,31,35,39)(H,32,36,40)/t23-,24-/m0/s1. The Bertz CT molecular complexity index is 1200. The van der Waals surface area contributed by atoms with Gasteiger partial charge in [0.25, 0.3) is 11.8 Å². The molecule has 4 amide bonds. The lowest BCUT2D eigenvalue weighted by atomic mass is 10.0. The third-order valence-corrected chi connectivity index (χ3v) is 5.88. The molecule has 3 rings (SSSR count). The van der Waals surface area contributed by atoms with Crippen LogP contribution in [0.3, 0.4) is 0 Å². The molecule has 0 fully saturated rings. The SMILES string of the molecule is CC(C)C[C@H](NC(=O)c1cccc(C(=O)N[C@@H](CC(C)C)C(=O)Nc2ccccn2)c1)C(=O)Nc1ccccn1. The van der Waals surface area contributed by atoms with Gasteiger partial charge in [-0.25, -0.2) is 9.97 Å². The van der Waals surface area contributed by atoms with Crippen molar-refractivity contribution < 1.29 is 19.2 Å². The molecular formula is C30H36N6O4. The molecule has 4 N–H and O–H groups in total. The van der Waals surface area contributed by atoms with Gasteiger partial charge in [0, 0.05) is 23.5 Å². The number of aromatic nitrogens is 2. The van der Waals surface area contributed by atoms with Crippen LogP contribution >= 0.6 is 0 Å². The van der Waals surface area contributed by atoms with Crippen LogP contribution in [0, 0.1) is 11.8 Å². The molecule has 0 saturated carbocycles. The smallest absolute Gasteiger partial charge is 0.251 e. The molecule has 2 atom stereocenters. The molecule has 10 heteroatoms. The first-order chi connectivity index (χ1) is 19.1. The lowest BCUT2D eigenvalue weighted by molar-refractivity contribution is -0.119. The highest BCUT2D eigenvalue weighted by molar-refractivity contribution is 6.04. The molecule has 0 aliphatic carbocycles. The van der Waals surface area contributed by atoms with Gasteiger partial charge in [-0.3, -0.25) is 19.2 Å². The van der Waals surface area contributed by atoms with E-state index in [1.165, 1.54) is 6.07 Å². The number of rotatable bonds is 12. The highest BCUT2D eigenvalue weighted by atomic mass is 16.2. The fourth-order valence-electron chi connectivity index (χ4n) is 3.99. The van der Waals surface area contributed by atoms with E-state index in [4.69, 9.17) is 0 Å². The molecule has 0 aliphatic heterocycles. The lowest BCUT2D eigenvalue weighted by Crippen LogP contribution is -2.45. The Kier molecular flexibility index (Phi) is 10.9. The molecule has 0 unspecified atom stereocenters. The number of nitrogens with one attached hydrogen (secondary N) is 4. The molecule has 10 nitrogen and oxygen atoms in total. The second-order valence-corrected chi connectivity index (χ2v) is 10.3. The van der Waals surface area contributed by atoms with Gasteiger partial charge in [-0.05, 0) is 67.1 Å². The van der Waals surface area contributed by atoms with E-state index in [-0.39, 0.29) is 34.8 Å². The Morgan fingerprint density at radius 3 is 1.40 bits per heavy atom. The molecule has 0 saturated heterocycles. The molecule has 210 valence electrons. The predicted octanol–water partition coefficient (Wildman–Crippen LogP) is 4.04. The normalized spacial score (nSPS) is 12.3. The Hall–Kier alpha value is -4.60. The van der Waals surface area contributed by atoms with Crippen LogP contribution in [0.1, 0.15) is 61.3 Å². The molecule has 2 heterocycles. The van der Waals surface area contributed by atoms with Gasteiger partial charge in [-0.1, -0.05) is 45.9 Å². The zero-order valence-electron chi connectivity index (χ0n) is 23.2. The van der Waals surface area contributed by atoms with Gasteiger partial charge in [0.05, 0.1) is 0 Å². The summed E-state index contributed by atoms with van der Waals surface area (Å²) in [5.41, 5.74) is 0.427. The van der Waals surface area contributed by atoms with E-state index in [1.54, 1.807) is 67.0 Å². The summed E-state index contributed by atoms with van der Waals surface area (Å²) < 4.78 is 0. The zero-order chi connectivity index (χ0) is 29.1. The van der Waals surface area contributed by atoms with E-state index in [1.807, 2.05) is 27.7 Å². The third-order valence-electron chi connectivity index (χ3n) is 5.88. The summed E-state index contributed by atoms with van der Waals surface area (Å²) in [6, 6.07) is 14.9. The number of benzene rings is 1. The second-order valence-electron chi connectivity index (χ2n) is 10.3. The second kappa shape index (κ2) is 14.5. The van der Waals surface area contributed by atoms with Crippen molar-refractivity contribution in [2.75, 3.05) is 10.6 Å². The highest BCUT2D eigenvalue weighted by Gasteiger charge is 2.25. The first-order valence-electron chi connectivity index (χ1n) is 13.3. The number of hydrogen-bond acceptors (Lipinski definition) is 6. The maximum Gasteiger partial charge on any atom is 0.251 e. The fraction of sp³-hybridized carbons (Fsp3) is 0.333. The summed E-state index contributed by atoms with van der Waals surface area (Å²) in [6.07, 6.45) is 3.95. The van der Waals surface area contributed by atoms with Crippen LogP contribution in [0.25, 0.3) is 0 Å². The Balaban J connectivity index is 1.71. The summed E-state index contributed by atoms with van der Waals surface area (Å²) in [7, 11) is 0. The Morgan fingerprint density at radius 2 is 1.05 bits per heavy atom. The molecule has 0 radical (unpaired) electrons. The van der Waals surface area contributed by atoms with E-state index >= 15 is 0 Å². The van der Waals surface area contributed by atoms with Crippen molar-refractivity contribution in [3.05, 3.63) is 84.2 Å². The van der Waals surface area contributed by atoms with Crippen molar-refractivity contribution in [2.45, 2.75) is 52.6 Å². The van der Waals surface area contributed by atoms with Gasteiger partial charge in [0.1, 0.15) is 23.7 Å². The van der Waals surface area contributed by atoms with Crippen LogP contribution in [0.2, 0.25) is 0 Å². The van der Waals surface area contributed by atoms with Crippen LogP contribution in [0.5, 0.6) is 0 Å². The van der Waals surface area contributed by atoms with E-state index in [9.17, 15) is 19.2 Å². The molecule has 0 aliphatic rings. The van der Waals surface area contributed by atoms with Gasteiger partial charge >= 0.3 is 0 Å². The minimum atomic E-state index is -0.808. The Labute approximate surface area is 234 Å². The van der Waals surface area contributed by atoms with Gasteiger partial charge in [-0.2, -0.15) is 0 Å². The highest BCUT2D eigenvalue weighted by Crippen LogP contribution is 2.13. The number of amides is 4. The van der Waals surface area contributed by atoms with E-state index < -0.39 is 23.9 Å². The number of hydrogen-bond donors (Lipinski definition) is 4. The third kappa shape index (κ3) is 9.30. The quantitative estimate of drug-likeness (QED) is 0.271. The molecule has 0 spiro atoms.